The Hall–Kier alpha value is -2.57. The summed E-state index contributed by atoms with van der Waals surface area (Å²) in [6.45, 7) is 1.46. The zero-order valence-electron chi connectivity index (χ0n) is 14.7. The zero-order valence-corrected chi connectivity index (χ0v) is 16.3. The summed E-state index contributed by atoms with van der Waals surface area (Å²) >= 11 is 2.54. The molecular formula is C21H18N2O2S2. The fourth-order valence-electron chi connectivity index (χ4n) is 2.35. The molecule has 0 unspecified atom stereocenters. The number of hydrogen-bond donors (Lipinski definition) is 1. The van der Waals surface area contributed by atoms with Crippen LogP contribution in [0.3, 0.4) is 0 Å². The monoisotopic (exact) mass is 394 g/mol. The Kier molecular flexibility index (Phi) is 6.68. The third-order valence-electron chi connectivity index (χ3n) is 3.77. The largest absolute Gasteiger partial charge is 0.326 e. The van der Waals surface area contributed by atoms with Crippen LogP contribution in [0.25, 0.3) is 11.1 Å². The summed E-state index contributed by atoms with van der Waals surface area (Å²) in [5.74, 6) is 0.141. The fraction of sp³-hybridized carbons (Fsp3) is 0.0952. The Bertz CT molecular complexity index is 911. The molecule has 0 atom stereocenters. The number of thioether (sulfide) groups is 1. The summed E-state index contributed by atoms with van der Waals surface area (Å²) in [7, 11) is 0. The highest BCUT2D eigenvalue weighted by Crippen LogP contribution is 2.25. The number of pyridine rings is 1. The molecule has 3 aromatic rings. The van der Waals surface area contributed by atoms with Crippen molar-refractivity contribution in [2.75, 3.05) is 10.5 Å². The van der Waals surface area contributed by atoms with Gasteiger partial charge in [0.25, 0.3) is 0 Å². The maximum absolute atomic E-state index is 12.0. The molecule has 1 N–H and O–H groups in total. The molecule has 0 aliphatic heterocycles. The summed E-state index contributed by atoms with van der Waals surface area (Å²) in [6, 6.07) is 19.5. The lowest BCUT2D eigenvalue weighted by atomic mass is 10.1. The number of nitrogens with zero attached hydrogens (tertiary/aromatic N) is 1. The van der Waals surface area contributed by atoms with Crippen LogP contribution in [-0.2, 0) is 4.79 Å². The second kappa shape index (κ2) is 9.39. The molecule has 0 bridgehead atoms. The van der Waals surface area contributed by atoms with Crippen molar-refractivity contribution in [1.82, 2.24) is 4.98 Å². The van der Waals surface area contributed by atoms with E-state index in [1.165, 1.54) is 18.9 Å². The first-order chi connectivity index (χ1) is 13.1. The molecule has 0 aliphatic rings. The average Bonchev–Trinajstić information content (AvgIpc) is 2.72. The number of Topliss-reactive ketones (excluding diaryl/α,β-unsaturated/α-hetero) is 1. The highest BCUT2D eigenvalue weighted by molar-refractivity contribution is 8.14. The lowest BCUT2D eigenvalue weighted by Gasteiger charge is -2.07. The summed E-state index contributed by atoms with van der Waals surface area (Å²) in [5.41, 5.74) is 3.81. The average molecular weight is 395 g/mol. The molecule has 0 radical (unpaired) electrons. The smallest absolute Gasteiger partial charge is 0.186 e. The minimum atomic E-state index is -0.0482. The van der Waals surface area contributed by atoms with E-state index in [0.717, 1.165) is 33.5 Å². The van der Waals surface area contributed by atoms with E-state index >= 15 is 0 Å². The van der Waals surface area contributed by atoms with E-state index in [0.29, 0.717) is 5.56 Å². The maximum atomic E-state index is 12.0. The molecule has 0 amide bonds. The summed E-state index contributed by atoms with van der Waals surface area (Å²) in [6.07, 6.45) is 3.57. The van der Waals surface area contributed by atoms with Gasteiger partial charge in [-0.05, 0) is 71.6 Å². The quantitative estimate of drug-likeness (QED) is 0.432. The van der Waals surface area contributed by atoms with Crippen LogP contribution >= 0.6 is 23.7 Å². The molecular weight excluding hydrogens is 376 g/mol. The predicted octanol–water partition coefficient (Wildman–Crippen LogP) is 5.33. The first kappa shape index (κ1) is 19.2. The van der Waals surface area contributed by atoms with Gasteiger partial charge in [0.05, 0.1) is 5.75 Å². The van der Waals surface area contributed by atoms with Crippen LogP contribution < -0.4 is 4.72 Å². The molecule has 4 nitrogen and oxygen atoms in total. The van der Waals surface area contributed by atoms with Gasteiger partial charge in [-0.1, -0.05) is 23.9 Å². The summed E-state index contributed by atoms with van der Waals surface area (Å²) in [5, 5.41) is -0.0482. The van der Waals surface area contributed by atoms with Crippen molar-refractivity contribution in [3.63, 3.8) is 0 Å². The number of carbonyl (C=O) groups excluding carboxylic acids is 2. The van der Waals surface area contributed by atoms with Crippen molar-refractivity contribution >= 4 is 40.3 Å². The number of benzene rings is 2. The van der Waals surface area contributed by atoms with Crippen LogP contribution in [0.1, 0.15) is 17.3 Å². The molecule has 2 aromatic carbocycles. The molecule has 136 valence electrons. The van der Waals surface area contributed by atoms with Gasteiger partial charge in [-0.15, -0.1) is 0 Å². The van der Waals surface area contributed by atoms with E-state index in [1.807, 2.05) is 24.3 Å². The number of rotatable bonds is 7. The predicted molar refractivity (Wildman–Crippen MR) is 113 cm³/mol. The van der Waals surface area contributed by atoms with Gasteiger partial charge in [0.2, 0.25) is 0 Å². The van der Waals surface area contributed by atoms with Crippen molar-refractivity contribution < 1.29 is 9.59 Å². The third kappa shape index (κ3) is 5.70. The van der Waals surface area contributed by atoms with Gasteiger partial charge in [-0.2, -0.15) is 0 Å². The Balaban J connectivity index is 1.55. The second-order valence-electron chi connectivity index (χ2n) is 5.75. The first-order valence-corrected chi connectivity index (χ1v) is 10.1. The summed E-state index contributed by atoms with van der Waals surface area (Å²) in [4.78, 5) is 28.1. The number of hydrogen-bond acceptors (Lipinski definition) is 6. The van der Waals surface area contributed by atoms with Gasteiger partial charge in [0.15, 0.2) is 10.9 Å². The zero-order chi connectivity index (χ0) is 19.1. The lowest BCUT2D eigenvalue weighted by molar-refractivity contribution is -0.109. The van der Waals surface area contributed by atoms with E-state index in [9.17, 15) is 9.59 Å². The van der Waals surface area contributed by atoms with Gasteiger partial charge in [0, 0.05) is 35.5 Å². The van der Waals surface area contributed by atoms with Crippen molar-refractivity contribution in [3.05, 3.63) is 78.6 Å². The minimum Gasteiger partial charge on any atom is -0.326 e. The Morgan fingerprint density at radius 2 is 1.52 bits per heavy atom. The fourth-order valence-corrected chi connectivity index (χ4v) is 3.50. The van der Waals surface area contributed by atoms with Crippen LogP contribution in [0, 0.1) is 0 Å². The molecule has 1 heterocycles. The van der Waals surface area contributed by atoms with Gasteiger partial charge in [-0.3, -0.25) is 14.6 Å². The molecule has 0 aliphatic carbocycles. The molecule has 6 heteroatoms. The topological polar surface area (TPSA) is 59.1 Å². The molecule has 0 saturated carbocycles. The molecule has 0 fully saturated rings. The van der Waals surface area contributed by atoms with E-state index in [1.54, 1.807) is 24.5 Å². The summed E-state index contributed by atoms with van der Waals surface area (Å²) < 4.78 is 3.27. The van der Waals surface area contributed by atoms with Crippen LogP contribution in [0.15, 0.2) is 78.0 Å². The SMILES string of the molecule is CC(=O)SCC(=O)c1ccc(NSc2ccc(-c3ccncc3)cc2)cc1. The van der Waals surface area contributed by atoms with E-state index in [-0.39, 0.29) is 16.7 Å². The van der Waals surface area contributed by atoms with Crippen molar-refractivity contribution in [3.8, 4) is 11.1 Å². The van der Waals surface area contributed by atoms with Gasteiger partial charge in [-0.25, -0.2) is 0 Å². The molecule has 27 heavy (non-hydrogen) atoms. The van der Waals surface area contributed by atoms with Crippen LogP contribution in [0.4, 0.5) is 5.69 Å². The number of carbonyl (C=O) groups is 2. The number of aromatic nitrogens is 1. The van der Waals surface area contributed by atoms with Crippen molar-refractivity contribution in [2.24, 2.45) is 0 Å². The molecule has 3 rings (SSSR count). The van der Waals surface area contributed by atoms with E-state index < -0.39 is 0 Å². The van der Waals surface area contributed by atoms with Crippen LogP contribution in [-0.4, -0.2) is 21.6 Å². The van der Waals surface area contributed by atoms with Gasteiger partial charge < -0.3 is 4.72 Å². The van der Waals surface area contributed by atoms with Crippen LogP contribution in [0.5, 0.6) is 0 Å². The van der Waals surface area contributed by atoms with Crippen molar-refractivity contribution in [2.45, 2.75) is 11.8 Å². The molecule has 0 spiro atoms. The lowest BCUT2D eigenvalue weighted by Crippen LogP contribution is -2.03. The van der Waals surface area contributed by atoms with E-state index in [2.05, 4.69) is 34.0 Å². The first-order valence-electron chi connectivity index (χ1n) is 8.32. The number of anilines is 1. The van der Waals surface area contributed by atoms with Crippen molar-refractivity contribution in [1.29, 1.82) is 0 Å². The minimum absolute atomic E-state index is 0.0406. The van der Waals surface area contributed by atoms with Gasteiger partial charge >= 0.3 is 0 Å². The normalized spacial score (nSPS) is 10.4. The Morgan fingerprint density at radius 1 is 0.889 bits per heavy atom. The second-order valence-corrected chi connectivity index (χ2v) is 7.78. The third-order valence-corrected chi connectivity index (χ3v) is 5.43. The van der Waals surface area contributed by atoms with Crippen LogP contribution in [0.2, 0.25) is 0 Å². The van der Waals surface area contributed by atoms with E-state index in [4.69, 9.17) is 0 Å². The maximum Gasteiger partial charge on any atom is 0.186 e. The van der Waals surface area contributed by atoms with Gasteiger partial charge in [0.1, 0.15) is 0 Å². The molecule has 1 aromatic heterocycles. The molecule has 0 saturated heterocycles. The Labute approximate surface area is 166 Å². The standard InChI is InChI=1S/C21H18N2O2S2/c1-15(24)26-14-21(25)18-2-6-19(7-3-18)23-27-20-8-4-16(5-9-20)17-10-12-22-13-11-17/h2-13,23H,14H2,1H3. The Morgan fingerprint density at radius 3 is 2.15 bits per heavy atom. The highest BCUT2D eigenvalue weighted by atomic mass is 32.2. The number of ketones is 1. The number of nitrogens with one attached hydrogen (secondary N) is 1. The highest BCUT2D eigenvalue weighted by Gasteiger charge is 2.07.